The summed E-state index contributed by atoms with van der Waals surface area (Å²) in [5.41, 5.74) is 1.65. The number of carbonyl (C=O) groups is 1. The van der Waals surface area contributed by atoms with E-state index in [4.69, 9.17) is 4.74 Å². The van der Waals surface area contributed by atoms with Gasteiger partial charge in [-0.2, -0.15) is 8.42 Å². The molecule has 2 N–H and O–H groups in total. The number of anilines is 1. The third-order valence-corrected chi connectivity index (χ3v) is 4.92. The van der Waals surface area contributed by atoms with Crippen LogP contribution in [-0.2, 0) is 16.8 Å². The quantitative estimate of drug-likeness (QED) is 0.570. The first-order valence-electron chi connectivity index (χ1n) is 8.46. The smallest absolute Gasteiger partial charge is 0.298 e. The summed E-state index contributed by atoms with van der Waals surface area (Å²) in [6.07, 6.45) is 1.52. The number of ether oxygens (including phenoxy) is 1. The number of benzene rings is 2. The fourth-order valence-corrected chi connectivity index (χ4v) is 3.00. The van der Waals surface area contributed by atoms with E-state index in [2.05, 4.69) is 14.4 Å². The first-order chi connectivity index (χ1) is 13.5. The van der Waals surface area contributed by atoms with Crippen molar-refractivity contribution >= 4 is 21.7 Å². The zero-order valence-electron chi connectivity index (χ0n) is 15.1. The molecular formula is C20H19N3O4S. The number of nitrogens with zero attached hydrogens (tertiary/aromatic N) is 1. The Kier molecular flexibility index (Phi) is 6.03. The van der Waals surface area contributed by atoms with Gasteiger partial charge in [0.05, 0.1) is 5.69 Å². The maximum atomic E-state index is 12.6. The van der Waals surface area contributed by atoms with Gasteiger partial charge in [0.25, 0.3) is 10.2 Å². The summed E-state index contributed by atoms with van der Waals surface area (Å²) in [7, 11) is -2.50. The minimum absolute atomic E-state index is 0.159. The van der Waals surface area contributed by atoms with Crippen molar-refractivity contribution in [3.63, 3.8) is 0 Å². The van der Waals surface area contributed by atoms with Crippen molar-refractivity contribution in [3.8, 4) is 5.75 Å². The van der Waals surface area contributed by atoms with Crippen LogP contribution < -0.4 is 14.2 Å². The molecule has 0 unspecified atom stereocenters. The van der Waals surface area contributed by atoms with Gasteiger partial charge in [0, 0.05) is 18.8 Å². The predicted molar refractivity (Wildman–Crippen MR) is 106 cm³/mol. The average molecular weight is 397 g/mol. The zero-order chi connectivity index (χ0) is 20.0. The Morgan fingerprint density at radius 3 is 2.46 bits per heavy atom. The van der Waals surface area contributed by atoms with Crippen molar-refractivity contribution in [2.24, 2.45) is 0 Å². The Morgan fingerprint density at radius 1 is 1.04 bits per heavy atom. The van der Waals surface area contributed by atoms with Crippen LogP contribution in [0.15, 0.2) is 72.9 Å². The largest absolute Gasteiger partial charge is 0.487 e. The van der Waals surface area contributed by atoms with Gasteiger partial charge in [0.2, 0.25) is 5.78 Å². The highest BCUT2D eigenvalue weighted by Crippen LogP contribution is 2.28. The second-order valence-electron chi connectivity index (χ2n) is 5.84. The average Bonchev–Trinajstić information content (AvgIpc) is 2.73. The molecule has 1 heterocycles. The molecular weight excluding hydrogens is 378 g/mol. The minimum atomic E-state index is -3.79. The molecule has 0 atom stereocenters. The van der Waals surface area contributed by atoms with Crippen molar-refractivity contribution in [1.29, 1.82) is 0 Å². The summed E-state index contributed by atoms with van der Waals surface area (Å²) < 4.78 is 34.3. The van der Waals surface area contributed by atoms with Gasteiger partial charge in [-0.15, -0.1) is 0 Å². The van der Waals surface area contributed by atoms with Crippen molar-refractivity contribution in [2.45, 2.75) is 6.61 Å². The number of hydrogen-bond acceptors (Lipinski definition) is 5. The van der Waals surface area contributed by atoms with Gasteiger partial charge < -0.3 is 4.74 Å². The van der Waals surface area contributed by atoms with Crippen LogP contribution in [0.5, 0.6) is 5.75 Å². The molecule has 0 amide bonds. The number of hydrogen-bond donors (Lipinski definition) is 2. The fraction of sp³-hybridized carbons (Fsp3) is 0.100. The van der Waals surface area contributed by atoms with E-state index in [1.165, 1.54) is 19.3 Å². The van der Waals surface area contributed by atoms with Crippen LogP contribution in [0.3, 0.4) is 0 Å². The molecule has 0 saturated carbocycles. The Morgan fingerprint density at radius 2 is 1.79 bits per heavy atom. The lowest BCUT2D eigenvalue weighted by molar-refractivity contribution is 0.103. The lowest BCUT2D eigenvalue weighted by Crippen LogP contribution is -2.26. The highest BCUT2D eigenvalue weighted by molar-refractivity contribution is 7.90. The molecule has 0 saturated heterocycles. The summed E-state index contributed by atoms with van der Waals surface area (Å²) in [5.74, 6) is -0.0136. The number of ketones is 1. The second kappa shape index (κ2) is 8.64. The molecule has 0 radical (unpaired) electrons. The van der Waals surface area contributed by atoms with E-state index in [1.807, 2.05) is 30.3 Å². The van der Waals surface area contributed by atoms with Gasteiger partial charge in [-0.25, -0.2) is 4.72 Å². The molecule has 0 aliphatic rings. The number of nitrogens with one attached hydrogen (secondary N) is 2. The van der Waals surface area contributed by atoms with E-state index in [0.717, 1.165) is 5.56 Å². The summed E-state index contributed by atoms with van der Waals surface area (Å²) >= 11 is 0. The highest BCUT2D eigenvalue weighted by atomic mass is 32.2. The minimum Gasteiger partial charge on any atom is -0.487 e. The number of aromatic nitrogens is 1. The van der Waals surface area contributed by atoms with Gasteiger partial charge in [0.1, 0.15) is 18.1 Å². The molecule has 144 valence electrons. The Hall–Kier alpha value is -3.23. The van der Waals surface area contributed by atoms with Crippen LogP contribution in [0, 0.1) is 0 Å². The van der Waals surface area contributed by atoms with E-state index in [9.17, 15) is 13.2 Å². The first-order valence-corrected chi connectivity index (χ1v) is 9.94. The van der Waals surface area contributed by atoms with Crippen LogP contribution in [0.1, 0.15) is 21.6 Å². The number of carbonyl (C=O) groups excluding carboxylic acids is 1. The standard InChI is InChI=1S/C20H19N3O4S/c1-21-28(25,26)23-18-13-16(20(24)17-9-5-6-12-22-17)10-11-19(18)27-14-15-7-3-2-4-8-15/h2-13,21,23H,14H2,1H3. The third-order valence-electron chi connectivity index (χ3n) is 3.89. The van der Waals surface area contributed by atoms with Gasteiger partial charge in [0.15, 0.2) is 0 Å². The Labute approximate surface area is 163 Å². The second-order valence-corrected chi connectivity index (χ2v) is 7.46. The fourth-order valence-electron chi connectivity index (χ4n) is 2.45. The van der Waals surface area contributed by atoms with E-state index >= 15 is 0 Å². The maximum absolute atomic E-state index is 12.6. The monoisotopic (exact) mass is 397 g/mol. The first kappa shape index (κ1) is 19.5. The van der Waals surface area contributed by atoms with E-state index in [0.29, 0.717) is 11.3 Å². The normalized spacial score (nSPS) is 11.0. The van der Waals surface area contributed by atoms with Crippen molar-refractivity contribution in [3.05, 3.63) is 89.7 Å². The molecule has 7 nitrogen and oxygen atoms in total. The Bertz CT molecular complexity index is 1060. The molecule has 0 fully saturated rings. The van der Waals surface area contributed by atoms with Gasteiger partial charge >= 0.3 is 0 Å². The molecule has 2 aromatic carbocycles. The SMILES string of the molecule is CNS(=O)(=O)Nc1cc(C(=O)c2ccccn2)ccc1OCc1ccccc1. The van der Waals surface area contributed by atoms with Crippen molar-refractivity contribution in [1.82, 2.24) is 9.71 Å². The lowest BCUT2D eigenvalue weighted by Gasteiger charge is -2.14. The molecule has 3 aromatic rings. The molecule has 0 bridgehead atoms. The molecule has 8 heteroatoms. The van der Waals surface area contributed by atoms with Crippen LogP contribution in [-0.4, -0.2) is 26.2 Å². The molecule has 0 spiro atoms. The molecule has 1 aromatic heterocycles. The highest BCUT2D eigenvalue weighted by Gasteiger charge is 2.17. The number of pyridine rings is 1. The summed E-state index contributed by atoms with van der Waals surface area (Å²) in [6, 6.07) is 19.1. The maximum Gasteiger partial charge on any atom is 0.298 e. The molecule has 28 heavy (non-hydrogen) atoms. The summed E-state index contributed by atoms with van der Waals surface area (Å²) in [5, 5.41) is 0. The summed E-state index contributed by atoms with van der Waals surface area (Å²) in [4.78, 5) is 16.7. The molecule has 3 rings (SSSR count). The zero-order valence-corrected chi connectivity index (χ0v) is 15.9. The van der Waals surface area contributed by atoms with Gasteiger partial charge in [-0.1, -0.05) is 36.4 Å². The Balaban J connectivity index is 1.91. The lowest BCUT2D eigenvalue weighted by atomic mass is 10.1. The van der Waals surface area contributed by atoms with E-state index in [-0.39, 0.29) is 23.8 Å². The van der Waals surface area contributed by atoms with Crippen LogP contribution in [0.2, 0.25) is 0 Å². The van der Waals surface area contributed by atoms with Crippen LogP contribution in [0.4, 0.5) is 5.69 Å². The van der Waals surface area contributed by atoms with Crippen molar-refractivity contribution < 1.29 is 17.9 Å². The van der Waals surface area contributed by atoms with Crippen LogP contribution >= 0.6 is 0 Å². The van der Waals surface area contributed by atoms with Crippen molar-refractivity contribution in [2.75, 3.05) is 11.8 Å². The van der Waals surface area contributed by atoms with Gasteiger partial charge in [-0.05, 0) is 35.9 Å². The van der Waals surface area contributed by atoms with E-state index in [1.54, 1.807) is 30.3 Å². The summed E-state index contributed by atoms with van der Waals surface area (Å²) in [6.45, 7) is 0.253. The van der Waals surface area contributed by atoms with Crippen LogP contribution in [0.25, 0.3) is 0 Å². The molecule has 0 aliphatic heterocycles. The van der Waals surface area contributed by atoms with E-state index < -0.39 is 10.2 Å². The molecule has 0 aliphatic carbocycles. The van der Waals surface area contributed by atoms with Gasteiger partial charge in [-0.3, -0.25) is 14.5 Å². The third kappa shape index (κ3) is 4.93. The predicted octanol–water partition coefficient (Wildman–Crippen LogP) is 2.77. The number of rotatable bonds is 8. The topological polar surface area (TPSA) is 97.4 Å².